The minimum absolute atomic E-state index is 0.571. The second kappa shape index (κ2) is 7.55. The maximum Gasteiger partial charge on any atom is 0.144 e. The van der Waals surface area contributed by atoms with E-state index >= 15 is 0 Å². The van der Waals surface area contributed by atoms with Crippen LogP contribution in [0.3, 0.4) is 0 Å². The number of hydrogen-bond acceptors (Lipinski definition) is 5. The summed E-state index contributed by atoms with van der Waals surface area (Å²) >= 11 is 0. The van der Waals surface area contributed by atoms with Crippen molar-refractivity contribution in [2.45, 2.75) is 39.3 Å². The molecule has 2 heterocycles. The Morgan fingerprint density at radius 3 is 2.85 bits per heavy atom. The molecular formula is C15H27N5. The standard InChI is InChI=1S/C15H27N5/c1-4-6-16-15-10-17-14(9-18-15)12-20-8-5-7-19(3)11-13(20)2/h9-10,13H,4-8,11-12H2,1-3H3,(H,16,18). The Morgan fingerprint density at radius 2 is 2.15 bits per heavy atom. The molecule has 1 atom stereocenters. The monoisotopic (exact) mass is 277 g/mol. The Morgan fingerprint density at radius 1 is 1.30 bits per heavy atom. The van der Waals surface area contributed by atoms with Gasteiger partial charge in [0.2, 0.25) is 0 Å². The lowest BCUT2D eigenvalue weighted by molar-refractivity contribution is 0.192. The molecule has 0 radical (unpaired) electrons. The van der Waals surface area contributed by atoms with Gasteiger partial charge in [0.1, 0.15) is 5.82 Å². The van der Waals surface area contributed by atoms with Crippen LogP contribution < -0.4 is 5.32 Å². The molecule has 20 heavy (non-hydrogen) atoms. The first-order valence-electron chi connectivity index (χ1n) is 7.66. The van der Waals surface area contributed by atoms with Crippen molar-refractivity contribution in [3.63, 3.8) is 0 Å². The van der Waals surface area contributed by atoms with Crippen molar-refractivity contribution in [3.05, 3.63) is 18.1 Å². The third-order valence-corrected chi connectivity index (χ3v) is 3.81. The van der Waals surface area contributed by atoms with E-state index in [1.165, 1.54) is 13.0 Å². The van der Waals surface area contributed by atoms with E-state index in [-0.39, 0.29) is 0 Å². The molecular weight excluding hydrogens is 250 g/mol. The van der Waals surface area contributed by atoms with E-state index in [0.717, 1.165) is 44.1 Å². The van der Waals surface area contributed by atoms with Crippen molar-refractivity contribution in [1.29, 1.82) is 0 Å². The second-order valence-electron chi connectivity index (χ2n) is 5.76. The average Bonchev–Trinajstić information content (AvgIpc) is 2.59. The molecule has 1 fully saturated rings. The van der Waals surface area contributed by atoms with Crippen LogP contribution in [0.2, 0.25) is 0 Å². The van der Waals surface area contributed by atoms with Gasteiger partial charge in [-0.25, -0.2) is 4.98 Å². The van der Waals surface area contributed by atoms with Gasteiger partial charge in [0, 0.05) is 32.2 Å². The lowest BCUT2D eigenvalue weighted by atomic mass is 10.2. The van der Waals surface area contributed by atoms with Crippen LogP contribution in [0.5, 0.6) is 0 Å². The first-order chi connectivity index (χ1) is 9.69. The Hall–Kier alpha value is -1.20. The highest BCUT2D eigenvalue weighted by molar-refractivity contribution is 5.30. The van der Waals surface area contributed by atoms with Crippen LogP contribution in [0.15, 0.2) is 12.4 Å². The van der Waals surface area contributed by atoms with Gasteiger partial charge in [-0.15, -0.1) is 0 Å². The molecule has 5 nitrogen and oxygen atoms in total. The molecule has 0 spiro atoms. The normalized spacial score (nSPS) is 21.6. The van der Waals surface area contributed by atoms with Crippen molar-refractivity contribution >= 4 is 5.82 Å². The summed E-state index contributed by atoms with van der Waals surface area (Å²) in [4.78, 5) is 13.9. The Balaban J connectivity index is 1.91. The van der Waals surface area contributed by atoms with Gasteiger partial charge < -0.3 is 10.2 Å². The molecule has 1 aliphatic rings. The number of aromatic nitrogens is 2. The zero-order chi connectivity index (χ0) is 14.4. The zero-order valence-electron chi connectivity index (χ0n) is 13.0. The topological polar surface area (TPSA) is 44.3 Å². The van der Waals surface area contributed by atoms with Crippen molar-refractivity contribution in [1.82, 2.24) is 19.8 Å². The summed E-state index contributed by atoms with van der Waals surface area (Å²) in [5, 5.41) is 3.26. The third-order valence-electron chi connectivity index (χ3n) is 3.81. The van der Waals surface area contributed by atoms with Crippen molar-refractivity contribution in [3.8, 4) is 0 Å². The molecule has 0 bridgehead atoms. The highest BCUT2D eigenvalue weighted by atomic mass is 15.2. The maximum atomic E-state index is 4.53. The summed E-state index contributed by atoms with van der Waals surface area (Å²) in [5.41, 5.74) is 1.06. The van der Waals surface area contributed by atoms with Gasteiger partial charge in [-0.05, 0) is 33.4 Å². The van der Waals surface area contributed by atoms with Gasteiger partial charge in [0.05, 0.1) is 18.1 Å². The molecule has 112 valence electrons. The van der Waals surface area contributed by atoms with E-state index in [1.54, 1.807) is 0 Å². The molecule has 0 aliphatic carbocycles. The number of rotatable bonds is 5. The van der Waals surface area contributed by atoms with Gasteiger partial charge in [-0.3, -0.25) is 9.88 Å². The predicted octanol–water partition coefficient (Wildman–Crippen LogP) is 1.82. The van der Waals surface area contributed by atoms with Crippen LogP contribution in [0.25, 0.3) is 0 Å². The maximum absolute atomic E-state index is 4.53. The van der Waals surface area contributed by atoms with Crippen LogP contribution in [0, 0.1) is 0 Å². The van der Waals surface area contributed by atoms with Crippen molar-refractivity contribution in [2.24, 2.45) is 0 Å². The largest absolute Gasteiger partial charge is 0.369 e. The highest BCUT2D eigenvalue weighted by Crippen LogP contribution is 2.12. The van der Waals surface area contributed by atoms with Crippen LogP contribution in [-0.4, -0.2) is 59.0 Å². The van der Waals surface area contributed by atoms with Crippen molar-refractivity contribution < 1.29 is 0 Å². The zero-order valence-corrected chi connectivity index (χ0v) is 13.0. The molecule has 1 aliphatic heterocycles. The quantitative estimate of drug-likeness (QED) is 0.889. The minimum Gasteiger partial charge on any atom is -0.369 e. The van der Waals surface area contributed by atoms with E-state index < -0.39 is 0 Å². The summed E-state index contributed by atoms with van der Waals surface area (Å²) in [5.74, 6) is 0.874. The molecule has 1 unspecified atom stereocenters. The molecule has 0 saturated carbocycles. The summed E-state index contributed by atoms with van der Waals surface area (Å²) in [7, 11) is 2.20. The van der Waals surface area contributed by atoms with E-state index in [0.29, 0.717) is 6.04 Å². The van der Waals surface area contributed by atoms with Gasteiger partial charge in [-0.2, -0.15) is 0 Å². The number of anilines is 1. The van der Waals surface area contributed by atoms with Crippen molar-refractivity contribution in [2.75, 3.05) is 38.5 Å². The first-order valence-corrected chi connectivity index (χ1v) is 7.66. The fourth-order valence-corrected chi connectivity index (χ4v) is 2.65. The minimum atomic E-state index is 0.571. The molecule has 1 aromatic heterocycles. The van der Waals surface area contributed by atoms with Gasteiger partial charge in [-0.1, -0.05) is 6.92 Å². The first kappa shape index (κ1) is 15.2. The fourth-order valence-electron chi connectivity index (χ4n) is 2.65. The Labute approximate surface area is 122 Å². The SMILES string of the molecule is CCCNc1cnc(CN2CCCN(C)CC2C)cn1. The Kier molecular flexibility index (Phi) is 5.73. The number of hydrogen-bond donors (Lipinski definition) is 1. The Bertz CT molecular complexity index is 392. The second-order valence-corrected chi connectivity index (χ2v) is 5.76. The van der Waals surface area contributed by atoms with E-state index in [4.69, 9.17) is 0 Å². The highest BCUT2D eigenvalue weighted by Gasteiger charge is 2.19. The van der Waals surface area contributed by atoms with Crippen LogP contribution >= 0.6 is 0 Å². The average molecular weight is 277 g/mol. The van der Waals surface area contributed by atoms with Gasteiger partial charge >= 0.3 is 0 Å². The molecule has 0 amide bonds. The van der Waals surface area contributed by atoms with Gasteiger partial charge in [0.25, 0.3) is 0 Å². The summed E-state index contributed by atoms with van der Waals surface area (Å²) in [6.07, 6.45) is 6.07. The van der Waals surface area contributed by atoms with Crippen LogP contribution in [0.1, 0.15) is 32.4 Å². The van der Waals surface area contributed by atoms with E-state index in [1.807, 2.05) is 12.4 Å². The van der Waals surface area contributed by atoms with E-state index in [9.17, 15) is 0 Å². The molecule has 1 N–H and O–H groups in total. The van der Waals surface area contributed by atoms with Gasteiger partial charge in [0.15, 0.2) is 0 Å². The number of likely N-dealkylation sites (N-methyl/N-ethyl adjacent to an activating group) is 1. The molecule has 1 aromatic rings. The number of nitrogens with zero attached hydrogens (tertiary/aromatic N) is 4. The molecule has 5 heteroatoms. The summed E-state index contributed by atoms with van der Waals surface area (Å²) in [6, 6.07) is 0.571. The van der Waals surface area contributed by atoms with Crippen LogP contribution in [0.4, 0.5) is 5.82 Å². The summed E-state index contributed by atoms with van der Waals surface area (Å²) < 4.78 is 0. The number of nitrogens with one attached hydrogen (secondary N) is 1. The fraction of sp³-hybridized carbons (Fsp3) is 0.733. The third kappa shape index (κ3) is 4.42. The van der Waals surface area contributed by atoms with Crippen LogP contribution in [-0.2, 0) is 6.54 Å². The lowest BCUT2D eigenvalue weighted by Crippen LogP contribution is -2.37. The van der Waals surface area contributed by atoms with E-state index in [2.05, 4.69) is 46.0 Å². The molecule has 1 saturated heterocycles. The summed E-state index contributed by atoms with van der Waals surface area (Å²) in [6.45, 7) is 9.75. The molecule has 2 rings (SSSR count). The predicted molar refractivity (Wildman–Crippen MR) is 82.8 cm³/mol. The lowest BCUT2D eigenvalue weighted by Gasteiger charge is -2.27. The smallest absolute Gasteiger partial charge is 0.144 e. The molecule has 0 aromatic carbocycles.